The number of rotatable bonds is 1. The van der Waals surface area contributed by atoms with Crippen molar-refractivity contribution >= 4 is 16.9 Å². The largest absolute Gasteiger partial charge is 0.414 e. The summed E-state index contributed by atoms with van der Waals surface area (Å²) < 4.78 is 18.6. The van der Waals surface area contributed by atoms with Gasteiger partial charge in [-0.1, -0.05) is 12.0 Å². The molecule has 0 aliphatic rings. The molecule has 1 amide bonds. The van der Waals surface area contributed by atoms with Crippen LogP contribution in [0.25, 0.3) is 10.8 Å². The van der Waals surface area contributed by atoms with E-state index in [-0.39, 0.29) is 5.56 Å². The van der Waals surface area contributed by atoms with Gasteiger partial charge in [-0.25, -0.2) is 9.18 Å². The topological polar surface area (TPSA) is 29.5 Å². The molecule has 2 rings (SSSR count). The molecular weight excluding hydrogens is 245 g/mol. The number of carbonyl (C=O) groups excluding carboxylic acids is 1. The van der Waals surface area contributed by atoms with Gasteiger partial charge in [0.25, 0.3) is 0 Å². The lowest BCUT2D eigenvalue weighted by atomic mass is 10.0. The highest BCUT2D eigenvalue weighted by molar-refractivity contribution is 5.89. The molecule has 0 N–H and O–H groups in total. The van der Waals surface area contributed by atoms with Crippen LogP contribution >= 0.6 is 0 Å². The molecule has 19 heavy (non-hydrogen) atoms. The molecule has 0 radical (unpaired) electrons. The van der Waals surface area contributed by atoms with Crippen LogP contribution in [0.4, 0.5) is 9.18 Å². The van der Waals surface area contributed by atoms with Crippen molar-refractivity contribution in [2.45, 2.75) is 0 Å². The molecule has 0 aromatic heterocycles. The van der Waals surface area contributed by atoms with E-state index in [2.05, 4.69) is 5.92 Å². The second kappa shape index (κ2) is 4.99. The summed E-state index contributed by atoms with van der Waals surface area (Å²) >= 11 is 0. The summed E-state index contributed by atoms with van der Waals surface area (Å²) in [5, 5.41) is 1.34. The Morgan fingerprint density at radius 1 is 1.32 bits per heavy atom. The number of carbonyl (C=O) groups is 1. The molecular formula is C15H12FNO2. The second-order valence-electron chi connectivity index (χ2n) is 4.21. The third-order valence-corrected chi connectivity index (χ3v) is 2.66. The fourth-order valence-corrected chi connectivity index (χ4v) is 1.68. The normalized spacial score (nSPS) is 10.0. The number of terminal acetylenes is 1. The number of halogens is 1. The zero-order valence-corrected chi connectivity index (χ0v) is 10.6. The zero-order chi connectivity index (χ0) is 14.0. The van der Waals surface area contributed by atoms with Gasteiger partial charge in [0.1, 0.15) is 11.6 Å². The summed E-state index contributed by atoms with van der Waals surface area (Å²) in [5.41, 5.74) is 0.211. The number of amides is 1. The number of ether oxygens (including phenoxy) is 1. The predicted molar refractivity (Wildman–Crippen MR) is 71.6 cm³/mol. The number of fused-ring (bicyclic) bond motifs is 1. The molecule has 0 saturated heterocycles. The van der Waals surface area contributed by atoms with Crippen molar-refractivity contribution in [1.29, 1.82) is 0 Å². The summed E-state index contributed by atoms with van der Waals surface area (Å²) in [6.07, 6.45) is 4.82. The lowest BCUT2D eigenvalue weighted by molar-refractivity contribution is 0.172. The maximum atomic E-state index is 13.5. The van der Waals surface area contributed by atoms with E-state index in [0.717, 1.165) is 5.39 Å². The Bertz CT molecular complexity index is 686. The van der Waals surface area contributed by atoms with Gasteiger partial charge in [-0.05, 0) is 29.7 Å². The van der Waals surface area contributed by atoms with E-state index in [1.165, 1.54) is 11.0 Å². The molecule has 3 nitrogen and oxygen atoms in total. The average Bonchev–Trinajstić information content (AvgIpc) is 2.38. The van der Waals surface area contributed by atoms with E-state index < -0.39 is 11.9 Å². The van der Waals surface area contributed by atoms with E-state index in [0.29, 0.717) is 11.1 Å². The maximum absolute atomic E-state index is 13.5. The van der Waals surface area contributed by atoms with Gasteiger partial charge >= 0.3 is 6.09 Å². The van der Waals surface area contributed by atoms with E-state index in [9.17, 15) is 9.18 Å². The number of hydrogen-bond donors (Lipinski definition) is 0. The Morgan fingerprint density at radius 2 is 2.05 bits per heavy atom. The Kier molecular flexibility index (Phi) is 3.39. The molecule has 0 aliphatic carbocycles. The molecule has 0 spiro atoms. The van der Waals surface area contributed by atoms with Gasteiger partial charge in [-0.15, -0.1) is 6.42 Å². The van der Waals surface area contributed by atoms with E-state index in [1.54, 1.807) is 38.4 Å². The minimum Gasteiger partial charge on any atom is -0.410 e. The zero-order valence-electron chi connectivity index (χ0n) is 10.6. The Morgan fingerprint density at radius 3 is 2.68 bits per heavy atom. The van der Waals surface area contributed by atoms with E-state index in [1.807, 2.05) is 0 Å². The quantitative estimate of drug-likeness (QED) is 0.735. The van der Waals surface area contributed by atoms with Crippen LogP contribution in [0.1, 0.15) is 5.56 Å². The lowest BCUT2D eigenvalue weighted by Crippen LogP contribution is -2.25. The predicted octanol–water partition coefficient (Wildman–Crippen LogP) is 3.02. The first-order chi connectivity index (χ1) is 9.02. The summed E-state index contributed by atoms with van der Waals surface area (Å²) in [6.45, 7) is 0. The highest BCUT2D eigenvalue weighted by atomic mass is 19.1. The first-order valence-corrected chi connectivity index (χ1v) is 5.61. The van der Waals surface area contributed by atoms with Crippen LogP contribution < -0.4 is 4.74 Å². The van der Waals surface area contributed by atoms with Crippen molar-refractivity contribution in [3.8, 4) is 18.1 Å². The second-order valence-corrected chi connectivity index (χ2v) is 4.21. The summed E-state index contributed by atoms with van der Waals surface area (Å²) in [5.74, 6) is 2.28. The molecule has 0 saturated carbocycles. The van der Waals surface area contributed by atoms with Crippen LogP contribution in [0.5, 0.6) is 5.75 Å². The SMILES string of the molecule is C#Cc1c(F)ccc2cc(OC(=O)N(C)C)ccc12. The minimum absolute atomic E-state index is 0.211. The fraction of sp³-hybridized carbons (Fsp3) is 0.133. The van der Waals surface area contributed by atoms with Gasteiger partial charge in [0, 0.05) is 19.5 Å². The number of hydrogen-bond acceptors (Lipinski definition) is 2. The van der Waals surface area contributed by atoms with Crippen molar-refractivity contribution in [2.75, 3.05) is 14.1 Å². The van der Waals surface area contributed by atoms with Gasteiger partial charge in [-0.3, -0.25) is 0 Å². The van der Waals surface area contributed by atoms with Crippen LogP contribution in [0.2, 0.25) is 0 Å². The Balaban J connectivity index is 2.46. The molecule has 2 aromatic rings. The third-order valence-electron chi connectivity index (χ3n) is 2.66. The van der Waals surface area contributed by atoms with Crippen molar-refractivity contribution < 1.29 is 13.9 Å². The summed E-state index contributed by atoms with van der Waals surface area (Å²) in [4.78, 5) is 12.8. The van der Waals surface area contributed by atoms with E-state index in [4.69, 9.17) is 11.2 Å². The first kappa shape index (κ1) is 12.9. The first-order valence-electron chi connectivity index (χ1n) is 5.61. The molecule has 0 atom stereocenters. The minimum atomic E-state index is -0.473. The standard InChI is InChI=1S/C15H12FNO2/c1-4-12-13-7-6-11(19-15(18)17(2)3)9-10(13)5-8-14(12)16/h1,5-9H,2-3H3. The van der Waals surface area contributed by atoms with E-state index >= 15 is 0 Å². The number of benzene rings is 2. The lowest BCUT2D eigenvalue weighted by Gasteiger charge is -2.11. The van der Waals surface area contributed by atoms with Gasteiger partial charge in [0.2, 0.25) is 0 Å². The van der Waals surface area contributed by atoms with Crippen LogP contribution in [-0.4, -0.2) is 25.1 Å². The third kappa shape index (κ3) is 2.50. The molecule has 0 unspecified atom stereocenters. The smallest absolute Gasteiger partial charge is 0.410 e. The van der Waals surface area contributed by atoms with Gasteiger partial charge in [-0.2, -0.15) is 0 Å². The molecule has 96 valence electrons. The highest BCUT2D eigenvalue weighted by Gasteiger charge is 2.09. The molecule has 2 aromatic carbocycles. The summed E-state index contributed by atoms with van der Waals surface area (Å²) in [7, 11) is 3.18. The summed E-state index contributed by atoms with van der Waals surface area (Å²) in [6, 6.07) is 7.78. The Hall–Kier alpha value is -2.54. The van der Waals surface area contributed by atoms with Crippen molar-refractivity contribution in [3.63, 3.8) is 0 Å². The fourth-order valence-electron chi connectivity index (χ4n) is 1.68. The molecule has 4 heteroatoms. The van der Waals surface area contributed by atoms with Crippen molar-refractivity contribution in [1.82, 2.24) is 4.90 Å². The highest BCUT2D eigenvalue weighted by Crippen LogP contribution is 2.25. The van der Waals surface area contributed by atoms with Crippen LogP contribution in [0, 0.1) is 18.2 Å². The van der Waals surface area contributed by atoms with Gasteiger partial charge in [0.05, 0.1) is 5.56 Å². The van der Waals surface area contributed by atoms with Crippen molar-refractivity contribution in [2.24, 2.45) is 0 Å². The van der Waals surface area contributed by atoms with Gasteiger partial charge < -0.3 is 9.64 Å². The average molecular weight is 257 g/mol. The number of nitrogens with zero attached hydrogens (tertiary/aromatic N) is 1. The van der Waals surface area contributed by atoms with Crippen LogP contribution in [-0.2, 0) is 0 Å². The monoisotopic (exact) mass is 257 g/mol. The maximum Gasteiger partial charge on any atom is 0.414 e. The van der Waals surface area contributed by atoms with Crippen LogP contribution in [0.3, 0.4) is 0 Å². The molecule has 0 aliphatic heterocycles. The molecule has 0 bridgehead atoms. The van der Waals surface area contributed by atoms with Gasteiger partial charge in [0.15, 0.2) is 0 Å². The molecule has 0 fully saturated rings. The molecule has 0 heterocycles. The van der Waals surface area contributed by atoms with Crippen molar-refractivity contribution in [3.05, 3.63) is 41.7 Å². The Labute approximate surface area is 110 Å². The van der Waals surface area contributed by atoms with Crippen LogP contribution in [0.15, 0.2) is 30.3 Å².